The van der Waals surface area contributed by atoms with Crippen LogP contribution in [0.15, 0.2) is 59.5 Å². The van der Waals surface area contributed by atoms with Crippen LogP contribution in [-0.2, 0) is 9.84 Å². The predicted octanol–water partition coefficient (Wildman–Crippen LogP) is 2.95. The van der Waals surface area contributed by atoms with E-state index in [2.05, 4.69) is 0 Å². The summed E-state index contributed by atoms with van der Waals surface area (Å²) in [4.78, 5) is -0.494. The first-order valence-electron chi connectivity index (χ1n) is 5.33. The number of sulfone groups is 1. The molecule has 0 saturated carbocycles. The van der Waals surface area contributed by atoms with E-state index >= 15 is 0 Å². The Morgan fingerprint density at radius 1 is 1.18 bits per heavy atom. The monoisotopic (exact) mass is 268 g/mol. The highest BCUT2D eigenvalue weighted by Gasteiger charge is 2.31. The van der Waals surface area contributed by atoms with Crippen LogP contribution in [0.1, 0.15) is 6.42 Å². The fraction of sp³-hybridized carbons (Fsp3) is 0.231. The highest BCUT2D eigenvalue weighted by atomic mass is 35.5. The molecular formula is C13H13ClO2S. The summed E-state index contributed by atoms with van der Waals surface area (Å²) in [5.41, 5.74) is 0. The van der Waals surface area contributed by atoms with Gasteiger partial charge in [-0.05, 0) is 18.6 Å². The molecule has 0 spiro atoms. The van der Waals surface area contributed by atoms with Gasteiger partial charge in [0.05, 0.1) is 15.5 Å². The molecule has 0 N–H and O–H groups in total. The van der Waals surface area contributed by atoms with Crippen molar-refractivity contribution >= 4 is 21.4 Å². The third kappa shape index (κ3) is 2.99. The van der Waals surface area contributed by atoms with Crippen molar-refractivity contribution in [2.45, 2.75) is 16.2 Å². The normalized spacial score (nSPS) is 23.8. The molecule has 2 nitrogen and oxygen atoms in total. The van der Waals surface area contributed by atoms with E-state index in [1.165, 1.54) is 0 Å². The second-order valence-corrected chi connectivity index (χ2v) is 6.84. The number of halogens is 1. The van der Waals surface area contributed by atoms with Crippen molar-refractivity contribution in [1.29, 1.82) is 0 Å². The molecule has 0 aliphatic heterocycles. The van der Waals surface area contributed by atoms with Crippen LogP contribution in [0, 0.1) is 0 Å². The minimum atomic E-state index is -3.34. The van der Waals surface area contributed by atoms with E-state index in [-0.39, 0.29) is 5.75 Å². The average molecular weight is 269 g/mol. The molecule has 0 saturated heterocycles. The number of alkyl halides is 1. The van der Waals surface area contributed by atoms with Gasteiger partial charge in [0.1, 0.15) is 0 Å². The average Bonchev–Trinajstić information content (AvgIpc) is 2.30. The molecule has 17 heavy (non-hydrogen) atoms. The zero-order valence-corrected chi connectivity index (χ0v) is 10.8. The largest absolute Gasteiger partial charge is 0.224 e. The Morgan fingerprint density at radius 3 is 2.47 bits per heavy atom. The second-order valence-electron chi connectivity index (χ2n) is 4.10. The lowest BCUT2D eigenvalue weighted by molar-refractivity contribution is 0.587. The van der Waals surface area contributed by atoms with E-state index < -0.39 is 14.7 Å². The smallest absolute Gasteiger partial charge is 0.180 e. The van der Waals surface area contributed by atoms with Gasteiger partial charge in [0.15, 0.2) is 9.84 Å². The molecule has 1 aliphatic rings. The van der Waals surface area contributed by atoms with Crippen molar-refractivity contribution in [1.82, 2.24) is 0 Å². The van der Waals surface area contributed by atoms with Crippen molar-refractivity contribution in [3.8, 4) is 0 Å². The summed E-state index contributed by atoms with van der Waals surface area (Å²) < 4.78 is 24.3. The molecule has 4 heteroatoms. The first-order valence-corrected chi connectivity index (χ1v) is 7.36. The van der Waals surface area contributed by atoms with Gasteiger partial charge < -0.3 is 0 Å². The molecule has 0 amide bonds. The molecule has 0 radical (unpaired) electrons. The van der Waals surface area contributed by atoms with Gasteiger partial charge in [0.25, 0.3) is 0 Å². The van der Waals surface area contributed by atoms with E-state index in [0.29, 0.717) is 11.3 Å². The molecule has 0 fully saturated rings. The van der Waals surface area contributed by atoms with Crippen LogP contribution >= 0.6 is 11.6 Å². The highest BCUT2D eigenvalue weighted by Crippen LogP contribution is 2.29. The molecule has 90 valence electrons. The molecule has 0 bridgehead atoms. The van der Waals surface area contributed by atoms with E-state index in [4.69, 9.17) is 11.6 Å². The van der Waals surface area contributed by atoms with Crippen molar-refractivity contribution in [2.24, 2.45) is 0 Å². The van der Waals surface area contributed by atoms with Crippen LogP contribution < -0.4 is 0 Å². The maximum Gasteiger partial charge on any atom is 0.180 e. The molecule has 1 unspecified atom stereocenters. The van der Waals surface area contributed by atoms with Crippen LogP contribution in [0.5, 0.6) is 0 Å². The lowest BCUT2D eigenvalue weighted by Gasteiger charge is -2.23. The molecule has 2 rings (SSSR count). The van der Waals surface area contributed by atoms with E-state index in [9.17, 15) is 8.42 Å². The third-order valence-electron chi connectivity index (χ3n) is 2.63. The van der Waals surface area contributed by atoms with Crippen LogP contribution in [-0.4, -0.2) is 19.0 Å². The van der Waals surface area contributed by atoms with Gasteiger partial charge in [0.2, 0.25) is 0 Å². The Morgan fingerprint density at radius 2 is 1.88 bits per heavy atom. The predicted molar refractivity (Wildman–Crippen MR) is 70.0 cm³/mol. The maximum absolute atomic E-state index is 12.2. The Bertz CT molecular complexity index is 546. The molecule has 1 aliphatic carbocycles. The van der Waals surface area contributed by atoms with Gasteiger partial charge in [-0.15, -0.1) is 11.6 Å². The highest BCUT2D eigenvalue weighted by molar-refractivity contribution is 7.91. The number of benzene rings is 1. The number of hydrogen-bond donors (Lipinski definition) is 0. The van der Waals surface area contributed by atoms with Crippen LogP contribution in [0.25, 0.3) is 0 Å². The summed E-state index contributed by atoms with van der Waals surface area (Å²) in [6.45, 7) is 0. The zero-order valence-electron chi connectivity index (χ0n) is 9.21. The van der Waals surface area contributed by atoms with Crippen LogP contribution in [0.4, 0.5) is 0 Å². The SMILES string of the molecule is O=S(=O)(CC1(Cl)C=CC=CC1)c1ccccc1. The topological polar surface area (TPSA) is 34.1 Å². The quantitative estimate of drug-likeness (QED) is 0.790. The summed E-state index contributed by atoms with van der Waals surface area (Å²) in [5.74, 6) is -0.0770. The Labute approximate surface area is 107 Å². The fourth-order valence-electron chi connectivity index (χ4n) is 1.77. The van der Waals surface area contributed by atoms with E-state index in [0.717, 1.165) is 0 Å². The standard InChI is InChI=1S/C13H13ClO2S/c14-13(9-5-2-6-10-13)11-17(15,16)12-7-3-1-4-8-12/h1-9H,10-11H2. The second kappa shape index (κ2) is 4.67. The number of allylic oxidation sites excluding steroid dienone is 4. The third-order valence-corrected chi connectivity index (χ3v) is 5.09. The Hall–Kier alpha value is -1.06. The molecule has 0 aromatic heterocycles. The number of hydrogen-bond acceptors (Lipinski definition) is 2. The maximum atomic E-state index is 12.2. The van der Waals surface area contributed by atoms with Crippen molar-refractivity contribution in [3.05, 3.63) is 54.6 Å². The van der Waals surface area contributed by atoms with Crippen molar-refractivity contribution in [3.63, 3.8) is 0 Å². The van der Waals surface area contributed by atoms with Gasteiger partial charge >= 0.3 is 0 Å². The molecule has 1 atom stereocenters. The van der Waals surface area contributed by atoms with Gasteiger partial charge in [0, 0.05) is 0 Å². The summed E-state index contributed by atoms with van der Waals surface area (Å²) in [6.07, 6.45) is 7.83. The first-order chi connectivity index (χ1) is 8.02. The molecule has 1 aromatic carbocycles. The summed E-state index contributed by atoms with van der Waals surface area (Å²) in [7, 11) is -3.34. The first kappa shape index (κ1) is 12.4. The zero-order chi connectivity index (χ0) is 12.4. The van der Waals surface area contributed by atoms with E-state index in [1.54, 1.807) is 42.5 Å². The van der Waals surface area contributed by atoms with Crippen LogP contribution in [0.2, 0.25) is 0 Å². The summed E-state index contributed by atoms with van der Waals surface area (Å²) >= 11 is 6.29. The lowest BCUT2D eigenvalue weighted by Crippen LogP contribution is -2.29. The van der Waals surface area contributed by atoms with E-state index in [1.807, 2.05) is 12.2 Å². The molecule has 0 heterocycles. The molecule has 1 aromatic rings. The Kier molecular flexibility index (Phi) is 3.40. The van der Waals surface area contributed by atoms with Crippen molar-refractivity contribution in [2.75, 3.05) is 5.75 Å². The lowest BCUT2D eigenvalue weighted by atomic mass is 10.0. The minimum Gasteiger partial charge on any atom is -0.224 e. The van der Waals surface area contributed by atoms with Crippen molar-refractivity contribution < 1.29 is 8.42 Å². The van der Waals surface area contributed by atoms with Gasteiger partial charge in [-0.1, -0.05) is 42.5 Å². The van der Waals surface area contributed by atoms with Gasteiger partial charge in [-0.2, -0.15) is 0 Å². The molecular weight excluding hydrogens is 256 g/mol. The fourth-order valence-corrected chi connectivity index (χ4v) is 3.95. The Balaban J connectivity index is 2.24. The van der Waals surface area contributed by atoms with Crippen LogP contribution in [0.3, 0.4) is 0 Å². The summed E-state index contributed by atoms with van der Waals surface area (Å²) in [6, 6.07) is 8.41. The summed E-state index contributed by atoms with van der Waals surface area (Å²) in [5, 5.41) is 0. The minimum absolute atomic E-state index is 0.0770. The number of rotatable bonds is 3. The van der Waals surface area contributed by atoms with Gasteiger partial charge in [-0.3, -0.25) is 0 Å². The van der Waals surface area contributed by atoms with Gasteiger partial charge in [-0.25, -0.2) is 8.42 Å².